The number of aryl methyl sites for hydroxylation is 1. The van der Waals surface area contributed by atoms with Crippen LogP contribution in [0, 0.1) is 12.3 Å². The van der Waals surface area contributed by atoms with Crippen LogP contribution in [0.5, 0.6) is 0 Å². The molecule has 1 aromatic heterocycles. The summed E-state index contributed by atoms with van der Waals surface area (Å²) in [5.41, 5.74) is 3.44. The molecule has 0 spiro atoms. The van der Waals surface area contributed by atoms with Gasteiger partial charge in [-0.1, -0.05) is 32.0 Å². The number of para-hydroxylation sites is 1. The first-order chi connectivity index (χ1) is 16.2. The molecule has 1 fully saturated rings. The van der Waals surface area contributed by atoms with Gasteiger partial charge in [0, 0.05) is 25.3 Å². The summed E-state index contributed by atoms with van der Waals surface area (Å²) >= 11 is 0. The quantitative estimate of drug-likeness (QED) is 0.470. The first-order valence-electron chi connectivity index (χ1n) is 11.7. The lowest BCUT2D eigenvalue weighted by atomic mass is 9.82. The average molecular weight is 465 g/mol. The zero-order valence-corrected chi connectivity index (χ0v) is 20.0. The number of benzene rings is 2. The van der Waals surface area contributed by atoms with Crippen LogP contribution in [0.2, 0.25) is 0 Å². The number of nitrogens with one attached hydrogen (secondary N) is 1. The van der Waals surface area contributed by atoms with E-state index in [0.29, 0.717) is 41.1 Å². The monoisotopic (exact) mass is 464 g/mol. The number of hydrogen-bond donors (Lipinski definition) is 3. The minimum atomic E-state index is -0.985. The van der Waals surface area contributed by atoms with E-state index in [0.717, 1.165) is 37.1 Å². The van der Waals surface area contributed by atoms with Gasteiger partial charge < -0.3 is 24.8 Å². The number of anilines is 2. The van der Waals surface area contributed by atoms with Crippen molar-refractivity contribution in [3.63, 3.8) is 0 Å². The molecule has 4 rings (SSSR count). The Morgan fingerprint density at radius 2 is 1.88 bits per heavy atom. The van der Waals surface area contributed by atoms with Crippen LogP contribution in [0.1, 0.15) is 53.7 Å². The van der Waals surface area contributed by atoms with Crippen molar-refractivity contribution in [2.75, 3.05) is 29.9 Å². The van der Waals surface area contributed by atoms with E-state index >= 15 is 0 Å². The molecule has 1 aliphatic rings. The third kappa shape index (κ3) is 4.80. The van der Waals surface area contributed by atoms with E-state index in [1.807, 2.05) is 13.0 Å². The maximum atomic E-state index is 13.3. The van der Waals surface area contributed by atoms with Gasteiger partial charge in [0.05, 0.1) is 23.1 Å². The van der Waals surface area contributed by atoms with Crippen molar-refractivity contribution in [1.82, 2.24) is 0 Å². The molecule has 1 aliphatic heterocycles. The number of aliphatic hydroxyl groups is 1. The van der Waals surface area contributed by atoms with Crippen molar-refractivity contribution >= 4 is 28.5 Å². The van der Waals surface area contributed by atoms with E-state index in [2.05, 4.69) is 24.1 Å². The molecule has 7 heteroatoms. The Bertz CT molecular complexity index is 1270. The molecule has 1 saturated heterocycles. The highest BCUT2D eigenvalue weighted by atomic mass is 16.4. The van der Waals surface area contributed by atoms with E-state index in [4.69, 9.17) is 4.42 Å². The van der Waals surface area contributed by atoms with Gasteiger partial charge >= 0.3 is 5.97 Å². The minimum Gasteiger partial charge on any atom is -0.478 e. The van der Waals surface area contributed by atoms with Crippen LogP contribution in [0.3, 0.4) is 0 Å². The highest BCUT2D eigenvalue weighted by Crippen LogP contribution is 2.35. The van der Waals surface area contributed by atoms with Crippen LogP contribution in [0.15, 0.2) is 45.6 Å². The zero-order valence-electron chi connectivity index (χ0n) is 20.0. The number of fused-ring (bicyclic) bond motifs is 1. The molecule has 0 aliphatic carbocycles. The summed E-state index contributed by atoms with van der Waals surface area (Å²) in [4.78, 5) is 26.9. The van der Waals surface area contributed by atoms with E-state index in [1.165, 1.54) is 0 Å². The molecular weight excluding hydrogens is 432 g/mol. The summed E-state index contributed by atoms with van der Waals surface area (Å²) in [6.45, 7) is 8.04. The summed E-state index contributed by atoms with van der Waals surface area (Å²) in [7, 11) is 0. The number of hydrogen-bond acceptors (Lipinski definition) is 6. The Morgan fingerprint density at radius 3 is 2.56 bits per heavy atom. The zero-order chi connectivity index (χ0) is 24.5. The van der Waals surface area contributed by atoms with Crippen LogP contribution in [-0.4, -0.2) is 35.8 Å². The highest BCUT2D eigenvalue weighted by molar-refractivity contribution is 5.94. The lowest BCUT2D eigenvalue weighted by molar-refractivity contribution is 0.0698. The molecule has 7 nitrogen and oxygen atoms in total. The third-order valence-corrected chi connectivity index (χ3v) is 6.72. The number of aromatic carboxylic acids is 1. The Hall–Kier alpha value is -3.32. The Morgan fingerprint density at radius 1 is 1.18 bits per heavy atom. The van der Waals surface area contributed by atoms with E-state index in [1.54, 1.807) is 30.3 Å². The van der Waals surface area contributed by atoms with Gasteiger partial charge in [0.15, 0.2) is 5.43 Å². The number of rotatable bonds is 7. The fraction of sp³-hybridized carbons (Fsp3) is 0.407. The molecule has 3 N–H and O–H groups in total. The number of carbonyl (C=O) groups is 1. The Labute approximate surface area is 199 Å². The predicted molar refractivity (Wildman–Crippen MR) is 134 cm³/mol. The van der Waals surface area contributed by atoms with Crippen molar-refractivity contribution < 1.29 is 19.4 Å². The molecule has 34 heavy (non-hydrogen) atoms. The van der Waals surface area contributed by atoms with Crippen LogP contribution in [0.25, 0.3) is 11.0 Å². The van der Waals surface area contributed by atoms with E-state index < -0.39 is 5.97 Å². The summed E-state index contributed by atoms with van der Waals surface area (Å²) < 4.78 is 6.37. The molecule has 0 atom stereocenters. The molecule has 0 unspecified atom stereocenters. The maximum absolute atomic E-state index is 13.3. The van der Waals surface area contributed by atoms with E-state index in [-0.39, 0.29) is 23.0 Å². The van der Waals surface area contributed by atoms with E-state index in [9.17, 15) is 19.8 Å². The molecule has 0 bridgehead atoms. The topological polar surface area (TPSA) is 103 Å². The molecule has 3 aromatic rings. The number of carboxylic acid groups (broad SMARTS) is 1. The minimum absolute atomic E-state index is 0.197. The summed E-state index contributed by atoms with van der Waals surface area (Å²) in [6, 6.07) is 10.6. The average Bonchev–Trinajstić information content (AvgIpc) is 2.79. The second-order valence-corrected chi connectivity index (χ2v) is 9.85. The van der Waals surface area contributed by atoms with Crippen LogP contribution < -0.4 is 15.6 Å². The summed E-state index contributed by atoms with van der Waals surface area (Å²) in [5, 5.41) is 23.1. The number of aliphatic hydroxyl groups excluding tert-OH is 1. The van der Waals surface area contributed by atoms with Crippen molar-refractivity contribution in [3.8, 4) is 0 Å². The first kappa shape index (κ1) is 23.8. The van der Waals surface area contributed by atoms with Crippen molar-refractivity contribution in [2.24, 2.45) is 5.41 Å². The normalized spacial score (nSPS) is 15.5. The van der Waals surface area contributed by atoms with Gasteiger partial charge in [0.1, 0.15) is 5.58 Å². The lowest BCUT2D eigenvalue weighted by Crippen LogP contribution is -2.38. The summed E-state index contributed by atoms with van der Waals surface area (Å²) in [5.74, 6) is -0.522. The second-order valence-electron chi connectivity index (χ2n) is 9.85. The van der Waals surface area contributed by atoms with Crippen LogP contribution in [0.4, 0.5) is 11.6 Å². The van der Waals surface area contributed by atoms with Crippen molar-refractivity contribution in [1.29, 1.82) is 0 Å². The Balaban J connectivity index is 1.68. The standard InChI is InChI=1S/C27H32N2O5/c1-17-14-18(8-11-28-22-7-5-4-6-19(22)26(32)33)24-20(15-17)23(31)21(16-30)25(34-24)29-12-9-27(2,3)10-13-29/h4-7,14-15,28,30H,8-13,16H2,1-3H3,(H,32,33). The SMILES string of the molecule is Cc1cc(CCNc2ccccc2C(=O)O)c2oc(N3CCC(C)(C)CC3)c(CO)c(=O)c2c1. The first-order valence-corrected chi connectivity index (χ1v) is 11.7. The highest BCUT2D eigenvalue weighted by Gasteiger charge is 2.29. The van der Waals surface area contributed by atoms with Crippen LogP contribution >= 0.6 is 0 Å². The number of carboxylic acids is 1. The van der Waals surface area contributed by atoms with Gasteiger partial charge in [-0.3, -0.25) is 4.79 Å². The smallest absolute Gasteiger partial charge is 0.337 e. The van der Waals surface area contributed by atoms with Gasteiger partial charge in [-0.2, -0.15) is 0 Å². The van der Waals surface area contributed by atoms with Gasteiger partial charge in [0.25, 0.3) is 0 Å². The fourth-order valence-electron chi connectivity index (χ4n) is 4.61. The predicted octanol–water partition coefficient (Wildman–Crippen LogP) is 4.57. The molecule has 0 saturated carbocycles. The number of piperidine rings is 1. The summed E-state index contributed by atoms with van der Waals surface area (Å²) in [6.07, 6.45) is 2.50. The molecule has 0 radical (unpaired) electrons. The van der Waals surface area contributed by atoms with Crippen molar-refractivity contribution in [3.05, 3.63) is 68.9 Å². The van der Waals surface area contributed by atoms with Gasteiger partial charge in [-0.25, -0.2) is 4.79 Å². The number of nitrogens with zero attached hydrogens (tertiary/aromatic N) is 1. The molecule has 2 aromatic carbocycles. The molecular formula is C27H32N2O5. The molecule has 2 heterocycles. The second kappa shape index (κ2) is 9.50. The van der Waals surface area contributed by atoms with Crippen molar-refractivity contribution in [2.45, 2.75) is 46.6 Å². The fourth-order valence-corrected chi connectivity index (χ4v) is 4.61. The van der Waals surface area contributed by atoms with Gasteiger partial charge in [-0.15, -0.1) is 0 Å². The van der Waals surface area contributed by atoms with Gasteiger partial charge in [-0.05, 0) is 60.9 Å². The van der Waals surface area contributed by atoms with Crippen LogP contribution in [-0.2, 0) is 13.0 Å². The van der Waals surface area contributed by atoms with Gasteiger partial charge in [0.2, 0.25) is 5.88 Å². The third-order valence-electron chi connectivity index (χ3n) is 6.72. The lowest BCUT2D eigenvalue weighted by Gasteiger charge is -2.37. The largest absolute Gasteiger partial charge is 0.478 e. The maximum Gasteiger partial charge on any atom is 0.337 e. The molecule has 0 amide bonds. The molecule has 180 valence electrons. The Kier molecular flexibility index (Phi) is 6.66.